The zero-order chi connectivity index (χ0) is 13.7. The Balaban J connectivity index is 2.12. The van der Waals surface area contributed by atoms with Crippen molar-refractivity contribution in [1.82, 2.24) is 0 Å². The number of oxime groups is 1. The molecule has 2 aromatic rings. The van der Waals surface area contributed by atoms with Gasteiger partial charge in [0.05, 0.1) is 6.21 Å². The molecule has 0 radical (unpaired) electrons. The summed E-state index contributed by atoms with van der Waals surface area (Å²) in [6, 6.07) is 13.5. The largest absolute Gasteiger partial charge is 0.488 e. The number of hydrogen-bond acceptors (Lipinski definition) is 3. The zero-order valence-electron chi connectivity index (χ0n) is 9.88. The molecule has 0 aliphatic carbocycles. The lowest BCUT2D eigenvalue weighted by Crippen LogP contribution is -1.98. The molecule has 0 atom stereocenters. The highest BCUT2D eigenvalue weighted by Crippen LogP contribution is 2.23. The number of nitrogens with zero attached hydrogens (tertiary/aromatic N) is 1. The summed E-state index contributed by atoms with van der Waals surface area (Å²) in [5, 5.41) is 11.7. The van der Waals surface area contributed by atoms with Crippen molar-refractivity contribution in [2.75, 3.05) is 0 Å². The molecule has 0 amide bonds. The summed E-state index contributed by atoms with van der Waals surface area (Å²) in [6.07, 6.45) is 1.35. The molecule has 5 heteroatoms. The van der Waals surface area contributed by atoms with Crippen LogP contribution in [0.15, 0.2) is 56.6 Å². The molecule has 19 heavy (non-hydrogen) atoms. The van der Waals surface area contributed by atoms with Crippen molar-refractivity contribution in [3.05, 3.63) is 62.5 Å². The third-order valence-electron chi connectivity index (χ3n) is 2.48. The van der Waals surface area contributed by atoms with Gasteiger partial charge in [-0.15, -0.1) is 0 Å². The lowest BCUT2D eigenvalue weighted by Gasteiger charge is -2.09. The summed E-state index contributed by atoms with van der Waals surface area (Å²) >= 11 is 6.76. The number of ether oxygens (including phenoxy) is 1. The molecule has 3 nitrogen and oxygen atoms in total. The van der Waals surface area contributed by atoms with Crippen LogP contribution >= 0.6 is 31.9 Å². The fourth-order valence-electron chi connectivity index (χ4n) is 1.56. The lowest BCUT2D eigenvalue weighted by molar-refractivity contribution is 0.304. The highest BCUT2D eigenvalue weighted by atomic mass is 79.9. The highest BCUT2D eigenvalue weighted by molar-refractivity contribution is 9.10. The molecule has 0 unspecified atom stereocenters. The van der Waals surface area contributed by atoms with Gasteiger partial charge in [0.1, 0.15) is 12.4 Å². The Kier molecular flexibility index (Phi) is 4.99. The first kappa shape index (κ1) is 14.1. The lowest BCUT2D eigenvalue weighted by atomic mass is 10.2. The predicted octanol–water partition coefficient (Wildman–Crippen LogP) is 4.60. The summed E-state index contributed by atoms with van der Waals surface area (Å²) in [5.41, 5.74) is 1.78. The second-order valence-corrected chi connectivity index (χ2v) is 5.67. The maximum Gasteiger partial charge on any atom is 0.128 e. The Bertz CT molecular complexity index is 582. The van der Waals surface area contributed by atoms with Crippen LogP contribution in [0.1, 0.15) is 11.1 Å². The highest BCUT2D eigenvalue weighted by Gasteiger charge is 2.03. The van der Waals surface area contributed by atoms with Crippen molar-refractivity contribution in [2.45, 2.75) is 6.61 Å². The van der Waals surface area contributed by atoms with Crippen molar-refractivity contribution in [3.8, 4) is 5.75 Å². The maximum absolute atomic E-state index is 8.64. The second kappa shape index (κ2) is 6.73. The minimum absolute atomic E-state index is 0.460. The van der Waals surface area contributed by atoms with Crippen molar-refractivity contribution < 1.29 is 9.94 Å². The van der Waals surface area contributed by atoms with Gasteiger partial charge < -0.3 is 9.94 Å². The number of hydrogen-bond donors (Lipinski definition) is 1. The third kappa shape index (κ3) is 4.08. The zero-order valence-corrected chi connectivity index (χ0v) is 13.1. The van der Waals surface area contributed by atoms with Crippen molar-refractivity contribution in [3.63, 3.8) is 0 Å². The molecule has 2 aromatic carbocycles. The van der Waals surface area contributed by atoms with E-state index in [0.29, 0.717) is 17.9 Å². The smallest absolute Gasteiger partial charge is 0.128 e. The number of halogens is 2. The SMILES string of the molecule is O/N=C\c1cc(Br)ccc1OCc1ccc(Br)cc1. The summed E-state index contributed by atoms with van der Waals surface area (Å²) < 4.78 is 7.67. The molecule has 0 aliphatic heterocycles. The standard InChI is InChI=1S/C14H11Br2NO2/c15-12-3-1-10(2-4-12)9-19-14-6-5-13(16)7-11(14)8-17-18/h1-8,18H,9H2/b17-8-. The minimum atomic E-state index is 0.460. The Morgan fingerprint density at radius 3 is 2.42 bits per heavy atom. The Hall–Kier alpha value is -1.33. The van der Waals surface area contributed by atoms with Crippen LogP contribution in [-0.4, -0.2) is 11.4 Å². The van der Waals surface area contributed by atoms with Crippen molar-refractivity contribution >= 4 is 38.1 Å². The average Bonchev–Trinajstić information content (AvgIpc) is 2.40. The van der Waals surface area contributed by atoms with Gasteiger partial charge in [0.2, 0.25) is 0 Å². The molecule has 0 bridgehead atoms. The van der Waals surface area contributed by atoms with Gasteiger partial charge in [-0.1, -0.05) is 49.1 Å². The normalized spacial score (nSPS) is 10.8. The van der Waals surface area contributed by atoms with Crippen LogP contribution in [0.3, 0.4) is 0 Å². The quantitative estimate of drug-likeness (QED) is 0.475. The first-order valence-corrected chi connectivity index (χ1v) is 7.12. The van der Waals surface area contributed by atoms with E-state index in [4.69, 9.17) is 9.94 Å². The molecule has 98 valence electrons. The fraction of sp³-hybridized carbons (Fsp3) is 0.0714. The molecule has 0 heterocycles. The van der Waals surface area contributed by atoms with E-state index in [1.807, 2.05) is 42.5 Å². The van der Waals surface area contributed by atoms with Gasteiger partial charge in [-0.2, -0.15) is 0 Å². The first-order chi connectivity index (χ1) is 9.19. The van der Waals surface area contributed by atoms with E-state index < -0.39 is 0 Å². The molecule has 2 rings (SSSR count). The Morgan fingerprint density at radius 2 is 1.74 bits per heavy atom. The Morgan fingerprint density at radius 1 is 1.05 bits per heavy atom. The van der Waals surface area contributed by atoms with Gasteiger partial charge in [-0.3, -0.25) is 0 Å². The number of rotatable bonds is 4. The summed E-state index contributed by atoms with van der Waals surface area (Å²) in [4.78, 5) is 0. The van der Waals surface area contributed by atoms with Crippen LogP contribution in [0, 0.1) is 0 Å². The molecule has 1 N–H and O–H groups in total. The van der Waals surface area contributed by atoms with E-state index in [9.17, 15) is 0 Å². The molecular weight excluding hydrogens is 374 g/mol. The maximum atomic E-state index is 8.64. The van der Waals surface area contributed by atoms with Crippen LogP contribution < -0.4 is 4.74 Å². The Labute approximate surface area is 128 Å². The van der Waals surface area contributed by atoms with Crippen LogP contribution in [0.25, 0.3) is 0 Å². The van der Waals surface area contributed by atoms with Crippen molar-refractivity contribution in [1.29, 1.82) is 0 Å². The third-order valence-corrected chi connectivity index (χ3v) is 3.50. The van der Waals surface area contributed by atoms with E-state index in [1.54, 1.807) is 0 Å². The van der Waals surface area contributed by atoms with Gasteiger partial charge >= 0.3 is 0 Å². The molecule has 0 aliphatic rings. The topological polar surface area (TPSA) is 41.8 Å². The van der Waals surface area contributed by atoms with Crippen LogP contribution in [-0.2, 0) is 6.61 Å². The molecule has 0 spiro atoms. The molecule has 0 saturated carbocycles. The molecule has 0 saturated heterocycles. The van der Waals surface area contributed by atoms with Crippen molar-refractivity contribution in [2.24, 2.45) is 5.16 Å². The van der Waals surface area contributed by atoms with Gasteiger partial charge in [0, 0.05) is 14.5 Å². The van der Waals surface area contributed by atoms with Crippen LogP contribution in [0.2, 0.25) is 0 Å². The van der Waals surface area contributed by atoms with Gasteiger partial charge in [-0.25, -0.2) is 0 Å². The average molecular weight is 385 g/mol. The van der Waals surface area contributed by atoms with E-state index in [0.717, 1.165) is 14.5 Å². The van der Waals surface area contributed by atoms with Gasteiger partial charge in [0.25, 0.3) is 0 Å². The van der Waals surface area contributed by atoms with Gasteiger partial charge in [0.15, 0.2) is 0 Å². The minimum Gasteiger partial charge on any atom is -0.488 e. The predicted molar refractivity (Wildman–Crippen MR) is 82.0 cm³/mol. The van der Waals surface area contributed by atoms with Gasteiger partial charge in [-0.05, 0) is 35.9 Å². The summed E-state index contributed by atoms with van der Waals surface area (Å²) in [5.74, 6) is 0.670. The molecular formula is C14H11Br2NO2. The summed E-state index contributed by atoms with van der Waals surface area (Å²) in [6.45, 7) is 0.460. The van der Waals surface area contributed by atoms with E-state index in [1.165, 1.54) is 6.21 Å². The van der Waals surface area contributed by atoms with E-state index in [2.05, 4.69) is 37.0 Å². The molecule has 0 aromatic heterocycles. The second-order valence-electron chi connectivity index (χ2n) is 3.84. The first-order valence-electron chi connectivity index (χ1n) is 5.53. The monoisotopic (exact) mass is 383 g/mol. The summed E-state index contributed by atoms with van der Waals surface area (Å²) in [7, 11) is 0. The fourth-order valence-corrected chi connectivity index (χ4v) is 2.20. The molecule has 0 fully saturated rings. The van der Waals surface area contributed by atoms with Crippen LogP contribution in [0.4, 0.5) is 0 Å². The van der Waals surface area contributed by atoms with E-state index in [-0.39, 0.29) is 0 Å². The number of benzene rings is 2. The van der Waals surface area contributed by atoms with E-state index >= 15 is 0 Å². The van der Waals surface area contributed by atoms with Crippen LogP contribution in [0.5, 0.6) is 5.75 Å².